The summed E-state index contributed by atoms with van der Waals surface area (Å²) in [6.07, 6.45) is -0.310. The van der Waals surface area contributed by atoms with Crippen LogP contribution >= 0.6 is 0 Å². The number of rotatable bonds is 15. The van der Waals surface area contributed by atoms with E-state index in [0.29, 0.717) is 12.2 Å². The summed E-state index contributed by atoms with van der Waals surface area (Å²) in [6, 6.07) is 0. The van der Waals surface area contributed by atoms with Gasteiger partial charge in [0.15, 0.2) is 26.4 Å². The molecule has 0 amide bonds. The smallest absolute Gasteiger partial charge is 0.351 e. The molecular weight excluding hydrogens is 552 g/mol. The SMILES string of the molecule is C/C(=C/C(=O)OCC(=O)OC(=O)CCC(=O)OC(=O)COC(=O)/C=C(/C)C(=O)OCC(=O)O)C(=O)OCC(=O)O. The predicted molar refractivity (Wildman–Crippen MR) is 118 cm³/mol. The standard InChI is InChI=1S/C22H22O18/c1-11(21(33)37-7-13(23)24)5-17(29)35-9-19(31)39-15(27)3-4-16(28)40-20(32)10-36-18(30)6-12(2)22(34)38-8-14(25)26/h5-6H,3-4,7-10H2,1-2H3,(H,23,24)(H,25,26)/b11-5-,12-6-. The molecule has 0 heterocycles. The van der Waals surface area contributed by atoms with Gasteiger partial charge in [-0.2, -0.15) is 0 Å². The van der Waals surface area contributed by atoms with Crippen LogP contribution in [-0.2, 0) is 76.4 Å². The first-order chi connectivity index (χ1) is 18.6. The normalized spacial score (nSPS) is 10.8. The number of aliphatic carboxylic acids is 2. The number of hydrogen-bond acceptors (Lipinski definition) is 16. The molecule has 40 heavy (non-hydrogen) atoms. The van der Waals surface area contributed by atoms with Gasteiger partial charge >= 0.3 is 59.7 Å². The lowest BCUT2D eigenvalue weighted by Crippen LogP contribution is -2.22. The minimum absolute atomic E-state index is 0.345. The second kappa shape index (κ2) is 17.9. The van der Waals surface area contributed by atoms with Crippen molar-refractivity contribution in [2.75, 3.05) is 26.4 Å². The Morgan fingerprint density at radius 2 is 0.825 bits per heavy atom. The molecule has 0 bridgehead atoms. The first-order valence-electron chi connectivity index (χ1n) is 10.6. The first kappa shape index (κ1) is 34.6. The van der Waals surface area contributed by atoms with Gasteiger partial charge in [0.25, 0.3) is 0 Å². The van der Waals surface area contributed by atoms with Crippen LogP contribution in [0.15, 0.2) is 23.3 Å². The molecule has 0 aliphatic carbocycles. The van der Waals surface area contributed by atoms with Crippen LogP contribution < -0.4 is 0 Å². The van der Waals surface area contributed by atoms with Crippen molar-refractivity contribution in [1.82, 2.24) is 0 Å². The zero-order chi connectivity index (χ0) is 30.8. The lowest BCUT2D eigenvalue weighted by molar-refractivity contribution is -0.169. The van der Waals surface area contributed by atoms with E-state index < -0.39 is 99.0 Å². The van der Waals surface area contributed by atoms with Crippen molar-refractivity contribution in [3.05, 3.63) is 23.3 Å². The maximum atomic E-state index is 11.6. The third-order valence-electron chi connectivity index (χ3n) is 3.62. The molecule has 0 unspecified atom stereocenters. The van der Waals surface area contributed by atoms with E-state index in [1.165, 1.54) is 0 Å². The van der Waals surface area contributed by atoms with Crippen LogP contribution in [0, 0.1) is 0 Å². The van der Waals surface area contributed by atoms with E-state index >= 15 is 0 Å². The molecule has 218 valence electrons. The van der Waals surface area contributed by atoms with Crippen molar-refractivity contribution in [3.63, 3.8) is 0 Å². The fraction of sp³-hybridized carbons (Fsp3) is 0.364. The number of carbonyl (C=O) groups excluding carboxylic acids is 8. The van der Waals surface area contributed by atoms with Crippen LogP contribution in [0.1, 0.15) is 26.7 Å². The Kier molecular flexibility index (Phi) is 15.5. The highest BCUT2D eigenvalue weighted by Gasteiger charge is 2.18. The van der Waals surface area contributed by atoms with Gasteiger partial charge in [0.2, 0.25) is 0 Å². The highest BCUT2D eigenvalue weighted by Crippen LogP contribution is 2.01. The minimum atomic E-state index is -1.43. The summed E-state index contributed by atoms with van der Waals surface area (Å²) in [6.45, 7) is -1.83. The molecule has 0 atom stereocenters. The lowest BCUT2D eigenvalue weighted by Gasteiger charge is -2.05. The molecule has 18 nitrogen and oxygen atoms in total. The van der Waals surface area contributed by atoms with E-state index in [9.17, 15) is 47.9 Å². The van der Waals surface area contributed by atoms with Crippen LogP contribution in [0.5, 0.6) is 0 Å². The zero-order valence-corrected chi connectivity index (χ0v) is 20.8. The molecule has 0 aromatic carbocycles. The average Bonchev–Trinajstić information content (AvgIpc) is 2.86. The van der Waals surface area contributed by atoms with Crippen molar-refractivity contribution in [2.45, 2.75) is 26.7 Å². The molecule has 0 aromatic rings. The summed E-state index contributed by atoms with van der Waals surface area (Å²) in [4.78, 5) is 113. The van der Waals surface area contributed by atoms with Gasteiger partial charge in [-0.15, -0.1) is 0 Å². The van der Waals surface area contributed by atoms with Crippen molar-refractivity contribution >= 4 is 59.7 Å². The van der Waals surface area contributed by atoms with Crippen LogP contribution in [-0.4, -0.2) is 96.3 Å². The molecule has 0 saturated carbocycles. The second-order valence-corrected chi connectivity index (χ2v) is 7.00. The van der Waals surface area contributed by atoms with Gasteiger partial charge in [-0.25, -0.2) is 38.4 Å². The van der Waals surface area contributed by atoms with Gasteiger partial charge in [0, 0.05) is 23.3 Å². The minimum Gasteiger partial charge on any atom is -0.479 e. The zero-order valence-electron chi connectivity index (χ0n) is 20.8. The summed E-state index contributed by atoms with van der Waals surface area (Å²) in [5.74, 6) is -12.8. The highest BCUT2D eigenvalue weighted by molar-refractivity contribution is 5.98. The van der Waals surface area contributed by atoms with Crippen molar-refractivity contribution < 1.29 is 86.6 Å². The van der Waals surface area contributed by atoms with Crippen LogP contribution in [0.3, 0.4) is 0 Å². The van der Waals surface area contributed by atoms with Crippen molar-refractivity contribution in [2.24, 2.45) is 0 Å². The van der Waals surface area contributed by atoms with Crippen LogP contribution in [0.2, 0.25) is 0 Å². The number of carboxylic acid groups (broad SMARTS) is 2. The number of carbonyl (C=O) groups is 10. The molecule has 18 heteroatoms. The van der Waals surface area contributed by atoms with E-state index in [0.717, 1.165) is 13.8 Å². The lowest BCUT2D eigenvalue weighted by atomic mass is 10.3. The summed E-state index contributed by atoms with van der Waals surface area (Å²) < 4.78 is 26.0. The largest absolute Gasteiger partial charge is 0.479 e. The molecule has 0 aliphatic rings. The number of ether oxygens (including phenoxy) is 6. The van der Waals surface area contributed by atoms with E-state index in [-0.39, 0.29) is 11.1 Å². The van der Waals surface area contributed by atoms with Gasteiger partial charge in [-0.3, -0.25) is 9.59 Å². The molecule has 0 rings (SSSR count). The molecule has 0 saturated heterocycles. The number of carboxylic acids is 2. The van der Waals surface area contributed by atoms with Gasteiger partial charge in [0.05, 0.1) is 12.8 Å². The van der Waals surface area contributed by atoms with Crippen LogP contribution in [0.4, 0.5) is 0 Å². The molecular formula is C22H22O18. The quantitative estimate of drug-likeness (QED) is 0.0939. The Balaban J connectivity index is 4.35. The summed E-state index contributed by atoms with van der Waals surface area (Å²) in [5.41, 5.74) is -0.689. The topological polar surface area (TPSA) is 267 Å². The van der Waals surface area contributed by atoms with Gasteiger partial charge in [-0.05, 0) is 13.8 Å². The summed E-state index contributed by atoms with van der Waals surface area (Å²) in [7, 11) is 0. The molecule has 0 aliphatic heterocycles. The van der Waals surface area contributed by atoms with Crippen molar-refractivity contribution in [3.8, 4) is 0 Å². The number of hydrogen-bond donors (Lipinski definition) is 2. The first-order valence-corrected chi connectivity index (χ1v) is 10.6. The molecule has 0 spiro atoms. The monoisotopic (exact) mass is 574 g/mol. The maximum Gasteiger partial charge on any atom is 0.351 e. The average molecular weight is 574 g/mol. The van der Waals surface area contributed by atoms with Gasteiger partial charge in [-0.1, -0.05) is 0 Å². The van der Waals surface area contributed by atoms with Gasteiger partial charge < -0.3 is 38.6 Å². The van der Waals surface area contributed by atoms with E-state index in [4.69, 9.17) is 10.2 Å². The fourth-order valence-corrected chi connectivity index (χ4v) is 1.92. The fourth-order valence-electron chi connectivity index (χ4n) is 1.92. The molecule has 0 radical (unpaired) electrons. The van der Waals surface area contributed by atoms with Gasteiger partial charge in [0.1, 0.15) is 0 Å². The van der Waals surface area contributed by atoms with E-state index in [2.05, 4.69) is 28.4 Å². The molecule has 2 N–H and O–H groups in total. The van der Waals surface area contributed by atoms with E-state index in [1.807, 2.05) is 0 Å². The maximum absolute atomic E-state index is 11.6. The Bertz CT molecular complexity index is 1040. The Morgan fingerprint density at radius 1 is 0.500 bits per heavy atom. The Labute approximate surface area is 223 Å². The Hall–Kier alpha value is -5.42. The van der Waals surface area contributed by atoms with Crippen LogP contribution in [0.25, 0.3) is 0 Å². The third kappa shape index (κ3) is 17.1. The second-order valence-electron chi connectivity index (χ2n) is 7.00. The number of esters is 8. The van der Waals surface area contributed by atoms with E-state index in [1.54, 1.807) is 0 Å². The van der Waals surface area contributed by atoms with Crippen molar-refractivity contribution in [1.29, 1.82) is 0 Å². The predicted octanol–water partition coefficient (Wildman–Crippen LogP) is -1.86. The molecule has 0 fully saturated rings. The Morgan fingerprint density at radius 3 is 1.12 bits per heavy atom. The summed E-state index contributed by atoms with van der Waals surface area (Å²) >= 11 is 0. The third-order valence-corrected chi connectivity index (χ3v) is 3.62. The summed E-state index contributed by atoms with van der Waals surface area (Å²) in [5, 5.41) is 16.8. The highest BCUT2D eigenvalue weighted by atomic mass is 16.6. The molecule has 0 aromatic heterocycles.